The number of carbonyl (C=O) groups excluding carboxylic acids is 1. The molecule has 2 aromatic carbocycles. The van der Waals surface area contributed by atoms with Gasteiger partial charge in [-0.05, 0) is 54.1 Å². The number of anilines is 1. The molecule has 4 rings (SSSR count). The highest BCUT2D eigenvalue weighted by atomic mass is 16.2. The van der Waals surface area contributed by atoms with E-state index in [2.05, 4.69) is 31.0 Å². The fourth-order valence-electron chi connectivity index (χ4n) is 2.66. The molecule has 0 atom stereocenters. The third-order valence-electron chi connectivity index (χ3n) is 4.05. The van der Waals surface area contributed by atoms with Crippen molar-refractivity contribution in [3.8, 4) is 11.4 Å². The molecule has 2 heterocycles. The van der Waals surface area contributed by atoms with Gasteiger partial charge in [0.1, 0.15) is 6.33 Å². The number of hydrogen-bond donors (Lipinski definition) is 1. The van der Waals surface area contributed by atoms with E-state index in [0.717, 1.165) is 16.9 Å². The predicted molar refractivity (Wildman–Crippen MR) is 97.9 cm³/mol. The zero-order valence-electron chi connectivity index (χ0n) is 14.7. The molecule has 0 aliphatic rings. The summed E-state index contributed by atoms with van der Waals surface area (Å²) < 4.78 is 1.54. The number of nitrogens with one attached hydrogen (secondary N) is 1. The summed E-state index contributed by atoms with van der Waals surface area (Å²) in [6, 6.07) is 15.0. The van der Waals surface area contributed by atoms with Crippen molar-refractivity contribution in [3.63, 3.8) is 0 Å². The summed E-state index contributed by atoms with van der Waals surface area (Å²) in [6.45, 7) is 3.70. The van der Waals surface area contributed by atoms with Crippen molar-refractivity contribution in [1.29, 1.82) is 0 Å². The maximum absolute atomic E-state index is 12.7. The first-order valence-corrected chi connectivity index (χ1v) is 8.26. The Morgan fingerprint density at radius 1 is 1.04 bits per heavy atom. The summed E-state index contributed by atoms with van der Waals surface area (Å²) in [5.74, 6) is -0.332. The predicted octanol–water partition coefficient (Wildman–Crippen LogP) is 2.11. The van der Waals surface area contributed by atoms with Crippen LogP contribution in [0.3, 0.4) is 0 Å². The Bertz CT molecular complexity index is 1090. The minimum absolute atomic E-state index is 0.267. The van der Waals surface area contributed by atoms with Crippen molar-refractivity contribution in [2.24, 2.45) is 0 Å². The molecule has 0 aliphatic heterocycles. The van der Waals surface area contributed by atoms with E-state index in [-0.39, 0.29) is 11.6 Å². The zero-order chi connectivity index (χ0) is 18.8. The van der Waals surface area contributed by atoms with Crippen LogP contribution < -0.4 is 5.32 Å². The Labute approximate surface area is 154 Å². The molecule has 134 valence electrons. The maximum atomic E-state index is 12.7. The summed E-state index contributed by atoms with van der Waals surface area (Å²) in [7, 11) is 0. The summed E-state index contributed by atoms with van der Waals surface area (Å²) >= 11 is 0. The highest BCUT2D eigenvalue weighted by Gasteiger charge is 2.17. The Balaban J connectivity index is 1.60. The van der Waals surface area contributed by atoms with E-state index >= 15 is 0 Å². The fraction of sp³-hybridized carbons (Fsp3) is 0.111. The zero-order valence-corrected chi connectivity index (χ0v) is 14.7. The fourth-order valence-corrected chi connectivity index (χ4v) is 2.66. The van der Waals surface area contributed by atoms with Gasteiger partial charge >= 0.3 is 0 Å². The van der Waals surface area contributed by atoms with E-state index in [9.17, 15) is 4.79 Å². The summed E-state index contributed by atoms with van der Waals surface area (Å²) in [6.07, 6.45) is 1.50. The van der Waals surface area contributed by atoms with Gasteiger partial charge in [-0.3, -0.25) is 4.79 Å². The lowest BCUT2D eigenvalue weighted by atomic mass is 10.1. The minimum atomic E-state index is -0.332. The summed E-state index contributed by atoms with van der Waals surface area (Å²) in [5, 5.41) is 22.7. The van der Waals surface area contributed by atoms with E-state index in [1.54, 1.807) is 17.7 Å². The second kappa shape index (κ2) is 6.79. The molecule has 0 unspecified atom stereocenters. The number of benzene rings is 2. The molecule has 9 heteroatoms. The molecule has 1 N–H and O–H groups in total. The molecule has 0 fully saturated rings. The van der Waals surface area contributed by atoms with Gasteiger partial charge in [0.2, 0.25) is 0 Å². The number of carbonyl (C=O) groups is 1. The molecule has 1 amide bonds. The van der Waals surface area contributed by atoms with Crippen molar-refractivity contribution in [2.45, 2.75) is 13.8 Å². The molecule has 0 saturated carbocycles. The van der Waals surface area contributed by atoms with Crippen LogP contribution in [0.25, 0.3) is 11.4 Å². The number of hydrogen-bond acceptors (Lipinski definition) is 6. The van der Waals surface area contributed by atoms with E-state index < -0.39 is 0 Å². The number of aryl methyl sites for hydroxylation is 2. The van der Waals surface area contributed by atoms with Crippen molar-refractivity contribution < 1.29 is 4.79 Å². The van der Waals surface area contributed by atoms with Crippen LogP contribution in [0.2, 0.25) is 0 Å². The lowest BCUT2D eigenvalue weighted by Gasteiger charge is -2.08. The molecule has 0 spiro atoms. The average molecular weight is 360 g/mol. The van der Waals surface area contributed by atoms with E-state index in [0.29, 0.717) is 11.4 Å². The molecule has 0 saturated heterocycles. The maximum Gasteiger partial charge on any atom is 0.278 e. The van der Waals surface area contributed by atoms with E-state index in [1.807, 2.05) is 49.4 Å². The molecule has 4 aromatic rings. The lowest BCUT2D eigenvalue weighted by molar-refractivity contribution is 0.102. The first-order valence-electron chi connectivity index (χ1n) is 8.26. The SMILES string of the molecule is Cc1ccc(NC(=O)c2nn(-c3ccccc3)nc2C)cc1-n1cnnn1. The van der Waals surface area contributed by atoms with Crippen LogP contribution in [0.4, 0.5) is 5.69 Å². The largest absolute Gasteiger partial charge is 0.320 e. The van der Waals surface area contributed by atoms with E-state index in [1.165, 1.54) is 11.1 Å². The molecule has 0 aliphatic carbocycles. The van der Waals surface area contributed by atoms with Crippen LogP contribution in [-0.2, 0) is 0 Å². The molecule has 0 bridgehead atoms. The Kier molecular flexibility index (Phi) is 4.17. The van der Waals surface area contributed by atoms with Crippen LogP contribution in [0.1, 0.15) is 21.7 Å². The van der Waals surface area contributed by atoms with Crippen LogP contribution >= 0.6 is 0 Å². The average Bonchev–Trinajstić information content (AvgIpc) is 3.34. The topological polar surface area (TPSA) is 103 Å². The molecular formula is C18H16N8O. The third kappa shape index (κ3) is 3.30. The van der Waals surface area contributed by atoms with Gasteiger partial charge < -0.3 is 5.32 Å². The number of para-hydroxylation sites is 1. The minimum Gasteiger partial charge on any atom is -0.320 e. The van der Waals surface area contributed by atoms with Crippen molar-refractivity contribution in [1.82, 2.24) is 35.2 Å². The molecule has 9 nitrogen and oxygen atoms in total. The summed E-state index contributed by atoms with van der Waals surface area (Å²) in [5.41, 5.74) is 3.97. The summed E-state index contributed by atoms with van der Waals surface area (Å²) in [4.78, 5) is 14.1. The number of rotatable bonds is 4. The first-order chi connectivity index (χ1) is 13.1. The number of amides is 1. The second-order valence-electron chi connectivity index (χ2n) is 5.97. The Morgan fingerprint density at radius 3 is 2.59 bits per heavy atom. The quantitative estimate of drug-likeness (QED) is 0.598. The van der Waals surface area contributed by atoms with Gasteiger partial charge in [-0.2, -0.15) is 9.90 Å². The van der Waals surface area contributed by atoms with Crippen LogP contribution in [0.15, 0.2) is 54.9 Å². The third-order valence-corrected chi connectivity index (χ3v) is 4.05. The van der Waals surface area contributed by atoms with Gasteiger partial charge in [0.25, 0.3) is 5.91 Å². The molecule has 2 aromatic heterocycles. The first kappa shape index (κ1) is 16.6. The monoisotopic (exact) mass is 360 g/mol. The standard InChI is InChI=1S/C18H16N8O/c1-12-8-9-14(10-16(12)25-11-19-23-24-25)20-18(27)17-13(2)21-26(22-17)15-6-4-3-5-7-15/h3-11H,1-2H3,(H,20,27). The van der Waals surface area contributed by atoms with Gasteiger partial charge in [0.15, 0.2) is 5.69 Å². The van der Waals surface area contributed by atoms with Crippen LogP contribution in [0, 0.1) is 13.8 Å². The Morgan fingerprint density at radius 2 is 1.85 bits per heavy atom. The van der Waals surface area contributed by atoms with Crippen LogP contribution in [-0.4, -0.2) is 41.1 Å². The van der Waals surface area contributed by atoms with Crippen molar-refractivity contribution in [3.05, 3.63) is 71.8 Å². The van der Waals surface area contributed by atoms with Crippen LogP contribution in [0.5, 0.6) is 0 Å². The Hall–Kier alpha value is -3.88. The normalized spacial score (nSPS) is 10.7. The highest BCUT2D eigenvalue weighted by Crippen LogP contribution is 2.19. The van der Waals surface area contributed by atoms with Gasteiger partial charge in [0, 0.05) is 5.69 Å². The number of tetrazole rings is 1. The van der Waals surface area contributed by atoms with Crippen molar-refractivity contribution in [2.75, 3.05) is 5.32 Å². The molecule has 27 heavy (non-hydrogen) atoms. The van der Waals surface area contributed by atoms with Gasteiger partial charge in [0.05, 0.1) is 17.1 Å². The van der Waals surface area contributed by atoms with Gasteiger partial charge in [-0.25, -0.2) is 4.68 Å². The second-order valence-corrected chi connectivity index (χ2v) is 5.97. The van der Waals surface area contributed by atoms with Gasteiger partial charge in [-0.15, -0.1) is 10.2 Å². The lowest BCUT2D eigenvalue weighted by Crippen LogP contribution is -2.14. The molecular weight excluding hydrogens is 344 g/mol. The molecule has 0 radical (unpaired) electrons. The van der Waals surface area contributed by atoms with Gasteiger partial charge in [-0.1, -0.05) is 24.3 Å². The van der Waals surface area contributed by atoms with E-state index in [4.69, 9.17) is 0 Å². The number of aromatic nitrogens is 7. The smallest absolute Gasteiger partial charge is 0.278 e. The van der Waals surface area contributed by atoms with Crippen molar-refractivity contribution >= 4 is 11.6 Å². The highest BCUT2D eigenvalue weighted by molar-refractivity contribution is 6.03. The number of nitrogens with zero attached hydrogens (tertiary/aromatic N) is 7.